The summed E-state index contributed by atoms with van der Waals surface area (Å²) in [5, 5.41) is 2.54. The van der Waals surface area contributed by atoms with Crippen molar-refractivity contribution in [2.45, 2.75) is 23.9 Å². The Bertz CT molecular complexity index is 1150. The molecule has 0 unspecified atom stereocenters. The lowest BCUT2D eigenvalue weighted by Gasteiger charge is -2.28. The Morgan fingerprint density at radius 3 is 2.39 bits per heavy atom. The summed E-state index contributed by atoms with van der Waals surface area (Å²) < 4.78 is 46.2. The van der Waals surface area contributed by atoms with Crippen LogP contribution >= 0.6 is 12.2 Å². The molecular weight excluding hydrogens is 445 g/mol. The van der Waals surface area contributed by atoms with Crippen LogP contribution in [-0.4, -0.2) is 53.9 Å². The lowest BCUT2D eigenvalue weighted by molar-refractivity contribution is -0.130. The van der Waals surface area contributed by atoms with Gasteiger partial charge in [0.1, 0.15) is 24.5 Å². The number of carbonyl (C=O) groups excluding carboxylic acids is 2. The zero-order valence-electron chi connectivity index (χ0n) is 16.3. The average molecular weight is 464 g/mol. The Balaban J connectivity index is 1.80. The van der Waals surface area contributed by atoms with Crippen LogP contribution in [0.5, 0.6) is 0 Å². The lowest BCUT2D eigenvalue weighted by atomic mass is 10.00. The van der Waals surface area contributed by atoms with E-state index in [0.29, 0.717) is 5.56 Å². The number of thiocarbonyl (C=S) groups is 1. The zero-order chi connectivity index (χ0) is 22.3. The first kappa shape index (κ1) is 21.2. The average Bonchev–Trinajstić information content (AvgIpc) is 3.32. The number of hydrogen-bond donors (Lipinski definition) is 1. The number of nitrogens with one attached hydrogen (secondary N) is 1. The zero-order valence-corrected chi connectivity index (χ0v) is 18.0. The Kier molecular flexibility index (Phi) is 5.40. The number of imide groups is 1. The summed E-state index contributed by atoms with van der Waals surface area (Å²) in [6.45, 7) is 1.92. The number of hydrogen-bond acceptors (Lipinski definition) is 6. The molecule has 11 heteroatoms. The van der Waals surface area contributed by atoms with Crippen LogP contribution < -0.4 is 5.32 Å². The standard InChI is InChI=1S/C20H18FN3O5S2/c1-12-2-8-15(9-3-12)31(27,28)24-17(13-4-6-14(21)7-5-13)16(22-19(24)30)18(25)23-10-11-29-20(23)26/h2-9,16-17H,10-11H2,1H3,(H,22,30)/t16-,17-/m0/s1. The Morgan fingerprint density at radius 2 is 1.81 bits per heavy atom. The third-order valence-corrected chi connectivity index (χ3v) is 7.36. The number of amides is 2. The quantitative estimate of drug-likeness (QED) is 0.694. The van der Waals surface area contributed by atoms with Gasteiger partial charge < -0.3 is 10.1 Å². The highest BCUT2D eigenvalue weighted by Crippen LogP contribution is 2.36. The maximum Gasteiger partial charge on any atom is 0.416 e. The first-order valence-corrected chi connectivity index (χ1v) is 11.2. The largest absolute Gasteiger partial charge is 0.447 e. The second kappa shape index (κ2) is 7.89. The minimum atomic E-state index is -4.17. The first-order chi connectivity index (χ1) is 14.7. The van der Waals surface area contributed by atoms with Crippen molar-refractivity contribution in [3.63, 3.8) is 0 Å². The van der Waals surface area contributed by atoms with Gasteiger partial charge in [0.2, 0.25) is 0 Å². The van der Waals surface area contributed by atoms with E-state index in [0.717, 1.165) is 14.8 Å². The number of sulfonamides is 1. The number of cyclic esters (lactones) is 1. The highest BCUT2D eigenvalue weighted by molar-refractivity contribution is 7.91. The first-order valence-electron chi connectivity index (χ1n) is 9.35. The van der Waals surface area contributed by atoms with E-state index in [1.165, 1.54) is 36.4 Å². The van der Waals surface area contributed by atoms with Crippen molar-refractivity contribution in [3.05, 3.63) is 65.5 Å². The minimum Gasteiger partial charge on any atom is -0.447 e. The van der Waals surface area contributed by atoms with Crippen molar-refractivity contribution in [2.24, 2.45) is 0 Å². The predicted octanol–water partition coefficient (Wildman–Crippen LogP) is 2.10. The maximum atomic E-state index is 13.5. The van der Waals surface area contributed by atoms with Gasteiger partial charge in [-0.1, -0.05) is 29.8 Å². The lowest BCUT2D eigenvalue weighted by Crippen LogP contribution is -2.47. The molecule has 1 N–H and O–H groups in total. The third kappa shape index (κ3) is 3.74. The second-order valence-electron chi connectivity index (χ2n) is 7.14. The molecule has 0 bridgehead atoms. The smallest absolute Gasteiger partial charge is 0.416 e. The molecule has 8 nitrogen and oxygen atoms in total. The fourth-order valence-electron chi connectivity index (χ4n) is 3.57. The van der Waals surface area contributed by atoms with E-state index in [9.17, 15) is 22.4 Å². The van der Waals surface area contributed by atoms with Crippen LogP contribution in [0.4, 0.5) is 9.18 Å². The molecule has 0 aromatic heterocycles. The number of nitrogens with zero attached hydrogens (tertiary/aromatic N) is 2. The van der Waals surface area contributed by atoms with Crippen LogP contribution in [0.1, 0.15) is 17.2 Å². The molecule has 2 amide bonds. The Morgan fingerprint density at radius 1 is 1.16 bits per heavy atom. The third-order valence-electron chi connectivity index (χ3n) is 5.13. The van der Waals surface area contributed by atoms with Crippen LogP contribution in [0, 0.1) is 12.7 Å². The molecule has 31 heavy (non-hydrogen) atoms. The predicted molar refractivity (Wildman–Crippen MR) is 112 cm³/mol. The highest BCUT2D eigenvalue weighted by Gasteiger charge is 2.50. The molecule has 2 aliphatic heterocycles. The Hall–Kier alpha value is -3.05. The number of halogens is 1. The SMILES string of the molecule is Cc1ccc(S(=O)(=O)N2C(=S)N[C@H](C(=O)N3CCOC3=O)[C@@H]2c2ccc(F)cc2)cc1. The molecule has 2 aromatic carbocycles. The molecule has 2 aliphatic rings. The molecule has 162 valence electrons. The number of benzene rings is 2. The van der Waals surface area contributed by atoms with Gasteiger partial charge in [-0.2, -0.15) is 0 Å². The van der Waals surface area contributed by atoms with E-state index < -0.39 is 39.9 Å². The molecule has 2 saturated heterocycles. The fraction of sp³-hybridized carbons (Fsp3) is 0.250. The normalized spacial score (nSPS) is 21.2. The molecule has 2 aromatic rings. The van der Waals surface area contributed by atoms with E-state index in [-0.39, 0.29) is 23.2 Å². The molecule has 2 fully saturated rings. The van der Waals surface area contributed by atoms with Gasteiger partial charge in [-0.25, -0.2) is 26.8 Å². The molecule has 2 heterocycles. The molecular formula is C20H18FN3O5S2. The fourth-order valence-corrected chi connectivity index (χ4v) is 5.62. The second-order valence-corrected chi connectivity index (χ2v) is 9.34. The maximum absolute atomic E-state index is 13.5. The van der Waals surface area contributed by atoms with E-state index >= 15 is 0 Å². The number of carbonyl (C=O) groups is 2. The summed E-state index contributed by atoms with van der Waals surface area (Å²) in [6, 6.07) is 8.97. The van der Waals surface area contributed by atoms with Crippen molar-refractivity contribution in [3.8, 4) is 0 Å². The van der Waals surface area contributed by atoms with Crippen molar-refractivity contribution in [2.75, 3.05) is 13.2 Å². The summed E-state index contributed by atoms with van der Waals surface area (Å²) in [5.41, 5.74) is 1.21. The van der Waals surface area contributed by atoms with Gasteiger partial charge in [-0.3, -0.25) is 4.79 Å². The van der Waals surface area contributed by atoms with E-state index in [4.69, 9.17) is 17.0 Å². The Labute approximate surface area is 183 Å². The number of ether oxygens (including phenoxy) is 1. The molecule has 0 saturated carbocycles. The topological polar surface area (TPSA) is 96.0 Å². The summed E-state index contributed by atoms with van der Waals surface area (Å²) in [6.07, 6.45) is -0.810. The summed E-state index contributed by atoms with van der Waals surface area (Å²) in [5.74, 6) is -1.20. The minimum absolute atomic E-state index is 0.0111. The van der Waals surface area contributed by atoms with Gasteiger partial charge in [0.25, 0.3) is 15.9 Å². The van der Waals surface area contributed by atoms with Gasteiger partial charge >= 0.3 is 6.09 Å². The summed E-state index contributed by atoms with van der Waals surface area (Å²) in [7, 11) is -4.17. The van der Waals surface area contributed by atoms with Crippen LogP contribution in [-0.2, 0) is 19.6 Å². The molecule has 2 atom stereocenters. The van der Waals surface area contributed by atoms with E-state index in [1.807, 2.05) is 6.92 Å². The van der Waals surface area contributed by atoms with Gasteiger partial charge in [0, 0.05) is 0 Å². The van der Waals surface area contributed by atoms with Crippen LogP contribution in [0.15, 0.2) is 53.4 Å². The van der Waals surface area contributed by atoms with Gasteiger partial charge in [0.15, 0.2) is 5.11 Å². The van der Waals surface area contributed by atoms with Gasteiger partial charge in [-0.05, 0) is 49.0 Å². The van der Waals surface area contributed by atoms with Gasteiger partial charge in [0.05, 0.1) is 11.4 Å². The van der Waals surface area contributed by atoms with Crippen LogP contribution in [0.25, 0.3) is 0 Å². The monoisotopic (exact) mass is 463 g/mol. The summed E-state index contributed by atoms with van der Waals surface area (Å²) >= 11 is 5.29. The molecule has 0 aliphatic carbocycles. The molecule has 0 spiro atoms. The number of aryl methyl sites for hydroxylation is 1. The van der Waals surface area contributed by atoms with Crippen LogP contribution in [0.3, 0.4) is 0 Å². The summed E-state index contributed by atoms with van der Waals surface area (Å²) in [4.78, 5) is 25.9. The van der Waals surface area contributed by atoms with E-state index in [1.54, 1.807) is 12.1 Å². The molecule has 0 radical (unpaired) electrons. The van der Waals surface area contributed by atoms with E-state index in [2.05, 4.69) is 5.32 Å². The highest BCUT2D eigenvalue weighted by atomic mass is 32.2. The molecule has 4 rings (SSSR count). The van der Waals surface area contributed by atoms with Crippen molar-refractivity contribution in [1.29, 1.82) is 0 Å². The van der Waals surface area contributed by atoms with Gasteiger partial charge in [-0.15, -0.1) is 0 Å². The van der Waals surface area contributed by atoms with Crippen molar-refractivity contribution < 1.29 is 27.1 Å². The van der Waals surface area contributed by atoms with Crippen LogP contribution in [0.2, 0.25) is 0 Å². The number of rotatable bonds is 4. The van der Waals surface area contributed by atoms with Crippen molar-refractivity contribution in [1.82, 2.24) is 14.5 Å². The van der Waals surface area contributed by atoms with Crippen molar-refractivity contribution >= 4 is 39.4 Å².